The summed E-state index contributed by atoms with van der Waals surface area (Å²) in [5, 5.41) is 3.41. The molecule has 1 aliphatic rings. The number of benzene rings is 1. The van der Waals surface area contributed by atoms with Crippen LogP contribution in [-0.4, -0.2) is 9.97 Å². The number of nitrogens with two attached hydrogens (primary N) is 1. The number of nitrogens with zero attached hydrogens (tertiary/aromatic N) is 2. The first kappa shape index (κ1) is 11.0. The first-order valence-corrected chi connectivity index (χ1v) is 6.25. The third-order valence-corrected chi connectivity index (χ3v) is 3.41. The van der Waals surface area contributed by atoms with Crippen LogP contribution >= 0.6 is 0 Å². The summed E-state index contributed by atoms with van der Waals surface area (Å²) >= 11 is 0. The first-order valence-electron chi connectivity index (χ1n) is 6.25. The topological polar surface area (TPSA) is 63.8 Å². The van der Waals surface area contributed by atoms with Crippen molar-refractivity contribution in [2.75, 3.05) is 11.1 Å². The molecule has 1 unspecified atom stereocenters. The zero-order valence-electron chi connectivity index (χ0n) is 10.1. The van der Waals surface area contributed by atoms with Crippen LogP contribution in [0.3, 0.4) is 0 Å². The van der Waals surface area contributed by atoms with Gasteiger partial charge in [-0.3, -0.25) is 0 Å². The molecule has 0 saturated heterocycles. The molecule has 18 heavy (non-hydrogen) atoms. The average molecular weight is 240 g/mol. The monoisotopic (exact) mass is 240 g/mol. The van der Waals surface area contributed by atoms with Crippen molar-refractivity contribution in [2.45, 2.75) is 25.3 Å². The van der Waals surface area contributed by atoms with E-state index in [1.807, 2.05) is 0 Å². The zero-order chi connectivity index (χ0) is 12.4. The summed E-state index contributed by atoms with van der Waals surface area (Å²) in [6, 6.07) is 8.84. The fraction of sp³-hybridized carbons (Fsp3) is 0.286. The van der Waals surface area contributed by atoms with Crippen LogP contribution in [0.25, 0.3) is 0 Å². The Kier molecular flexibility index (Phi) is 2.84. The van der Waals surface area contributed by atoms with E-state index < -0.39 is 0 Å². The predicted octanol–water partition coefficient (Wildman–Crippen LogP) is 2.55. The summed E-state index contributed by atoms with van der Waals surface area (Å²) in [4.78, 5) is 8.30. The molecule has 0 bridgehead atoms. The van der Waals surface area contributed by atoms with E-state index in [1.54, 1.807) is 12.4 Å². The molecule has 1 heterocycles. The van der Waals surface area contributed by atoms with Gasteiger partial charge in [0, 0.05) is 12.4 Å². The Morgan fingerprint density at radius 1 is 1.17 bits per heavy atom. The molecular formula is C14H16N4. The molecule has 1 aromatic carbocycles. The number of anilines is 2. The van der Waals surface area contributed by atoms with Crippen LogP contribution in [0.2, 0.25) is 0 Å². The molecule has 92 valence electrons. The zero-order valence-corrected chi connectivity index (χ0v) is 10.1. The summed E-state index contributed by atoms with van der Waals surface area (Å²) in [5.41, 5.74) is 8.60. The van der Waals surface area contributed by atoms with E-state index in [9.17, 15) is 0 Å². The highest BCUT2D eigenvalue weighted by Gasteiger charge is 2.20. The van der Waals surface area contributed by atoms with E-state index in [0.717, 1.165) is 12.8 Å². The maximum Gasteiger partial charge on any atom is 0.169 e. The predicted molar refractivity (Wildman–Crippen MR) is 72.2 cm³/mol. The summed E-state index contributed by atoms with van der Waals surface area (Å²) in [6.45, 7) is 0. The third-order valence-electron chi connectivity index (χ3n) is 3.41. The molecule has 1 aromatic heterocycles. The number of rotatable bonds is 2. The molecule has 0 amide bonds. The van der Waals surface area contributed by atoms with Crippen molar-refractivity contribution in [1.29, 1.82) is 0 Å². The van der Waals surface area contributed by atoms with E-state index in [1.165, 1.54) is 17.5 Å². The van der Waals surface area contributed by atoms with Crippen molar-refractivity contribution < 1.29 is 0 Å². The molecule has 4 nitrogen and oxygen atoms in total. The Hall–Kier alpha value is -2.10. The molecule has 0 aliphatic heterocycles. The third kappa shape index (κ3) is 2.01. The number of hydrogen-bond donors (Lipinski definition) is 2. The fourth-order valence-corrected chi connectivity index (χ4v) is 2.53. The lowest BCUT2D eigenvalue weighted by atomic mass is 9.88. The van der Waals surface area contributed by atoms with Gasteiger partial charge < -0.3 is 11.1 Å². The lowest BCUT2D eigenvalue weighted by Gasteiger charge is -2.26. The number of aromatic nitrogens is 2. The Labute approximate surface area is 106 Å². The lowest BCUT2D eigenvalue weighted by molar-refractivity contribution is 0.598. The van der Waals surface area contributed by atoms with E-state index in [-0.39, 0.29) is 6.04 Å². The number of aryl methyl sites for hydroxylation is 1. The SMILES string of the molecule is Nc1nccnc1NC1CCCc2ccccc21. The van der Waals surface area contributed by atoms with Gasteiger partial charge in [0.25, 0.3) is 0 Å². The molecular weight excluding hydrogens is 224 g/mol. The minimum Gasteiger partial charge on any atom is -0.381 e. The Morgan fingerprint density at radius 2 is 2.00 bits per heavy atom. The van der Waals surface area contributed by atoms with Gasteiger partial charge in [0.1, 0.15) is 0 Å². The van der Waals surface area contributed by atoms with Gasteiger partial charge >= 0.3 is 0 Å². The van der Waals surface area contributed by atoms with Crippen LogP contribution in [-0.2, 0) is 6.42 Å². The van der Waals surface area contributed by atoms with Crippen LogP contribution in [0.1, 0.15) is 30.0 Å². The van der Waals surface area contributed by atoms with Crippen molar-refractivity contribution in [3.63, 3.8) is 0 Å². The largest absolute Gasteiger partial charge is 0.381 e. The van der Waals surface area contributed by atoms with Crippen LogP contribution in [0.15, 0.2) is 36.7 Å². The van der Waals surface area contributed by atoms with E-state index in [2.05, 4.69) is 39.6 Å². The summed E-state index contributed by atoms with van der Waals surface area (Å²) in [7, 11) is 0. The number of fused-ring (bicyclic) bond motifs is 1. The minimum absolute atomic E-state index is 0.286. The first-order chi connectivity index (χ1) is 8.84. The van der Waals surface area contributed by atoms with Crippen LogP contribution in [0.5, 0.6) is 0 Å². The van der Waals surface area contributed by atoms with Gasteiger partial charge in [0.05, 0.1) is 6.04 Å². The van der Waals surface area contributed by atoms with Crippen LogP contribution < -0.4 is 11.1 Å². The second-order valence-corrected chi connectivity index (χ2v) is 4.58. The normalized spacial score (nSPS) is 18.1. The summed E-state index contributed by atoms with van der Waals surface area (Å²) < 4.78 is 0. The smallest absolute Gasteiger partial charge is 0.169 e. The van der Waals surface area contributed by atoms with E-state index in [0.29, 0.717) is 11.6 Å². The van der Waals surface area contributed by atoms with Gasteiger partial charge in [0.2, 0.25) is 0 Å². The van der Waals surface area contributed by atoms with Gasteiger partial charge in [-0.25, -0.2) is 9.97 Å². The van der Waals surface area contributed by atoms with Crippen LogP contribution in [0.4, 0.5) is 11.6 Å². The highest BCUT2D eigenvalue weighted by molar-refractivity contribution is 5.56. The highest BCUT2D eigenvalue weighted by atomic mass is 15.1. The van der Waals surface area contributed by atoms with Crippen molar-refractivity contribution >= 4 is 11.6 Å². The molecule has 3 N–H and O–H groups in total. The molecule has 0 saturated carbocycles. The second-order valence-electron chi connectivity index (χ2n) is 4.58. The van der Waals surface area contributed by atoms with E-state index >= 15 is 0 Å². The van der Waals surface area contributed by atoms with Crippen molar-refractivity contribution in [1.82, 2.24) is 9.97 Å². The minimum atomic E-state index is 0.286. The van der Waals surface area contributed by atoms with Gasteiger partial charge in [-0.2, -0.15) is 0 Å². The average Bonchev–Trinajstić information content (AvgIpc) is 2.42. The fourth-order valence-electron chi connectivity index (χ4n) is 2.53. The highest BCUT2D eigenvalue weighted by Crippen LogP contribution is 2.32. The maximum absolute atomic E-state index is 5.82. The molecule has 1 aliphatic carbocycles. The van der Waals surface area contributed by atoms with Gasteiger partial charge in [-0.05, 0) is 30.4 Å². The number of nitrogens with one attached hydrogen (secondary N) is 1. The van der Waals surface area contributed by atoms with Gasteiger partial charge in [-0.15, -0.1) is 0 Å². The Morgan fingerprint density at radius 3 is 2.89 bits per heavy atom. The Balaban J connectivity index is 1.89. The number of hydrogen-bond acceptors (Lipinski definition) is 4. The maximum atomic E-state index is 5.82. The Bertz CT molecular complexity index is 553. The molecule has 3 rings (SSSR count). The molecule has 2 aromatic rings. The van der Waals surface area contributed by atoms with Gasteiger partial charge in [0.15, 0.2) is 11.6 Å². The second kappa shape index (κ2) is 4.64. The number of nitrogen functional groups attached to an aromatic ring is 1. The lowest BCUT2D eigenvalue weighted by Crippen LogP contribution is -2.18. The van der Waals surface area contributed by atoms with Gasteiger partial charge in [-0.1, -0.05) is 24.3 Å². The standard InChI is InChI=1S/C14H16N4/c15-13-14(17-9-8-16-13)18-12-7-3-5-10-4-1-2-6-11(10)12/h1-2,4,6,8-9,12H,3,5,7H2,(H2,15,16)(H,17,18). The van der Waals surface area contributed by atoms with Crippen LogP contribution in [0, 0.1) is 0 Å². The molecule has 0 radical (unpaired) electrons. The summed E-state index contributed by atoms with van der Waals surface area (Å²) in [6.07, 6.45) is 6.72. The quantitative estimate of drug-likeness (QED) is 0.846. The summed E-state index contributed by atoms with van der Waals surface area (Å²) in [5.74, 6) is 1.14. The molecule has 1 atom stereocenters. The van der Waals surface area contributed by atoms with Crippen molar-refractivity contribution in [2.24, 2.45) is 0 Å². The molecule has 0 fully saturated rings. The van der Waals surface area contributed by atoms with E-state index in [4.69, 9.17) is 5.73 Å². The van der Waals surface area contributed by atoms with Crippen molar-refractivity contribution in [3.05, 3.63) is 47.8 Å². The molecule has 4 heteroatoms. The molecule has 0 spiro atoms. The van der Waals surface area contributed by atoms with Crippen molar-refractivity contribution in [3.8, 4) is 0 Å².